The second kappa shape index (κ2) is 7.98. The average molecular weight is 419 g/mol. The van der Waals surface area contributed by atoms with E-state index in [-0.39, 0.29) is 17.7 Å². The van der Waals surface area contributed by atoms with Gasteiger partial charge in [0.2, 0.25) is 11.8 Å². The van der Waals surface area contributed by atoms with Crippen molar-refractivity contribution in [3.63, 3.8) is 0 Å². The molecule has 0 aliphatic carbocycles. The van der Waals surface area contributed by atoms with Gasteiger partial charge in [0.25, 0.3) is 0 Å². The molecule has 2 aliphatic heterocycles. The minimum atomic E-state index is -0.0281. The maximum atomic E-state index is 12.9. The molecule has 4 heterocycles. The van der Waals surface area contributed by atoms with Gasteiger partial charge in [0.05, 0.1) is 0 Å². The molecule has 2 amide bonds. The molecule has 3 aromatic rings. The van der Waals surface area contributed by atoms with E-state index in [2.05, 4.69) is 25.5 Å². The lowest BCUT2D eigenvalue weighted by Gasteiger charge is -2.32. The van der Waals surface area contributed by atoms with Crippen LogP contribution < -0.4 is 15.1 Å². The Labute approximate surface area is 180 Å². The van der Waals surface area contributed by atoms with Crippen molar-refractivity contribution in [3.05, 3.63) is 42.2 Å². The highest BCUT2D eigenvalue weighted by molar-refractivity contribution is 5.95. The van der Waals surface area contributed by atoms with E-state index in [4.69, 9.17) is 0 Å². The molecule has 1 aromatic carbocycles. The van der Waals surface area contributed by atoms with Crippen molar-refractivity contribution in [2.45, 2.75) is 32.6 Å². The summed E-state index contributed by atoms with van der Waals surface area (Å²) in [6.07, 6.45) is 5.00. The number of nitrogens with zero attached hydrogens (tertiary/aromatic N) is 6. The molecule has 0 saturated carbocycles. The van der Waals surface area contributed by atoms with Gasteiger partial charge in [-0.25, -0.2) is 0 Å². The van der Waals surface area contributed by atoms with Gasteiger partial charge in [0.15, 0.2) is 5.65 Å². The van der Waals surface area contributed by atoms with Gasteiger partial charge in [-0.3, -0.25) is 9.59 Å². The Bertz CT molecular complexity index is 1130. The van der Waals surface area contributed by atoms with Crippen LogP contribution in [0.4, 0.5) is 17.2 Å². The minimum absolute atomic E-state index is 0.0281. The summed E-state index contributed by atoms with van der Waals surface area (Å²) < 4.78 is 1.66. The molecule has 1 saturated heterocycles. The fourth-order valence-corrected chi connectivity index (χ4v) is 4.50. The van der Waals surface area contributed by atoms with Crippen molar-refractivity contribution in [1.29, 1.82) is 0 Å². The molecule has 1 N–H and O–H groups in total. The van der Waals surface area contributed by atoms with E-state index in [1.807, 2.05) is 35.2 Å². The molecule has 2 aromatic heterocycles. The van der Waals surface area contributed by atoms with Crippen molar-refractivity contribution >= 4 is 34.7 Å². The summed E-state index contributed by atoms with van der Waals surface area (Å²) >= 11 is 0. The van der Waals surface area contributed by atoms with Crippen LogP contribution in [-0.2, 0) is 16.0 Å². The molecule has 0 radical (unpaired) electrons. The predicted octanol–water partition coefficient (Wildman–Crippen LogP) is 2.28. The fraction of sp³-hybridized carbons (Fsp3) is 0.409. The highest BCUT2D eigenvalue weighted by Gasteiger charge is 2.26. The van der Waals surface area contributed by atoms with Gasteiger partial charge in [-0.2, -0.15) is 4.52 Å². The molecule has 0 bridgehead atoms. The van der Waals surface area contributed by atoms with Gasteiger partial charge >= 0.3 is 0 Å². The van der Waals surface area contributed by atoms with Gasteiger partial charge in [-0.1, -0.05) is 0 Å². The first-order chi connectivity index (χ1) is 15.1. The molecule has 160 valence electrons. The molecule has 31 heavy (non-hydrogen) atoms. The second-order valence-corrected chi connectivity index (χ2v) is 8.19. The highest BCUT2D eigenvalue weighted by Crippen LogP contribution is 2.30. The number of aromatic nitrogens is 4. The molecule has 2 aliphatic rings. The van der Waals surface area contributed by atoms with E-state index in [9.17, 15) is 9.59 Å². The fourth-order valence-electron chi connectivity index (χ4n) is 4.50. The maximum absolute atomic E-state index is 12.9. The summed E-state index contributed by atoms with van der Waals surface area (Å²) in [5.41, 5.74) is 3.60. The number of hydrogen-bond donors (Lipinski definition) is 1. The Morgan fingerprint density at radius 3 is 2.74 bits per heavy atom. The lowest BCUT2D eigenvalue weighted by Crippen LogP contribution is -2.38. The molecular formula is C22H25N7O2. The Morgan fingerprint density at radius 1 is 1.10 bits per heavy atom. The number of piperidine rings is 1. The zero-order valence-electron chi connectivity index (χ0n) is 17.5. The molecule has 5 rings (SSSR count). The van der Waals surface area contributed by atoms with Crippen molar-refractivity contribution in [1.82, 2.24) is 19.8 Å². The first-order valence-electron chi connectivity index (χ1n) is 10.7. The zero-order chi connectivity index (χ0) is 21.4. The van der Waals surface area contributed by atoms with Crippen LogP contribution in [-0.4, -0.2) is 51.3 Å². The lowest BCUT2D eigenvalue weighted by molar-refractivity contribution is -0.120. The number of carbonyl (C=O) groups is 2. The number of fused-ring (bicyclic) bond motifs is 2. The number of carbonyl (C=O) groups excluding carboxylic acids is 2. The van der Waals surface area contributed by atoms with Gasteiger partial charge in [-0.15, -0.1) is 15.3 Å². The molecule has 0 atom stereocenters. The largest absolute Gasteiger partial charge is 0.355 e. The third-order valence-electron chi connectivity index (χ3n) is 6.18. The lowest BCUT2D eigenvalue weighted by atomic mass is 9.95. The first-order valence-corrected chi connectivity index (χ1v) is 10.7. The SMILES string of the molecule is CC(=O)N1CCCc2cc(NC(=O)C3CCN(c4ccc5nncn5n4)CC3)ccc21. The number of rotatable bonds is 3. The van der Waals surface area contributed by atoms with Crippen molar-refractivity contribution in [3.8, 4) is 0 Å². The smallest absolute Gasteiger partial charge is 0.227 e. The third kappa shape index (κ3) is 3.83. The van der Waals surface area contributed by atoms with E-state index in [1.165, 1.54) is 0 Å². The van der Waals surface area contributed by atoms with E-state index in [0.717, 1.165) is 73.7 Å². The van der Waals surface area contributed by atoms with E-state index in [0.29, 0.717) is 0 Å². The standard InChI is InChI=1S/C22H25N7O2/c1-15(30)28-10-2-3-17-13-18(4-5-19(17)28)24-22(31)16-8-11-27(12-9-16)21-7-6-20-25-23-14-29(20)26-21/h4-7,13-14,16H,2-3,8-12H2,1H3,(H,24,31). The molecule has 0 unspecified atom stereocenters. The number of hydrogen-bond acceptors (Lipinski definition) is 6. The van der Waals surface area contributed by atoms with Gasteiger partial charge in [-0.05, 0) is 61.6 Å². The van der Waals surface area contributed by atoms with Crippen molar-refractivity contribution in [2.75, 3.05) is 34.8 Å². The normalized spacial score (nSPS) is 16.9. The Kier molecular flexibility index (Phi) is 5.01. The molecule has 0 spiro atoms. The van der Waals surface area contributed by atoms with Crippen molar-refractivity contribution in [2.24, 2.45) is 5.92 Å². The number of amides is 2. The summed E-state index contributed by atoms with van der Waals surface area (Å²) in [6.45, 7) is 3.90. The Morgan fingerprint density at radius 2 is 1.94 bits per heavy atom. The predicted molar refractivity (Wildman–Crippen MR) is 117 cm³/mol. The number of nitrogens with one attached hydrogen (secondary N) is 1. The van der Waals surface area contributed by atoms with Gasteiger partial charge in [0, 0.05) is 43.9 Å². The van der Waals surface area contributed by atoms with Crippen LogP contribution in [0.25, 0.3) is 5.65 Å². The highest BCUT2D eigenvalue weighted by atomic mass is 16.2. The van der Waals surface area contributed by atoms with Crippen LogP contribution in [0.2, 0.25) is 0 Å². The van der Waals surface area contributed by atoms with Crippen LogP contribution in [0, 0.1) is 5.92 Å². The summed E-state index contributed by atoms with van der Waals surface area (Å²) in [5.74, 6) is 0.957. The number of benzene rings is 1. The van der Waals surface area contributed by atoms with Crippen molar-refractivity contribution < 1.29 is 9.59 Å². The quantitative estimate of drug-likeness (QED) is 0.700. The topological polar surface area (TPSA) is 95.7 Å². The zero-order valence-corrected chi connectivity index (χ0v) is 17.5. The van der Waals surface area contributed by atoms with E-state index in [1.54, 1.807) is 17.8 Å². The average Bonchev–Trinajstić information content (AvgIpc) is 3.26. The number of anilines is 3. The second-order valence-electron chi connectivity index (χ2n) is 8.19. The summed E-state index contributed by atoms with van der Waals surface area (Å²) in [4.78, 5) is 28.7. The van der Waals surface area contributed by atoms with Crippen LogP contribution in [0.5, 0.6) is 0 Å². The van der Waals surface area contributed by atoms with Crippen LogP contribution in [0.15, 0.2) is 36.7 Å². The summed E-state index contributed by atoms with van der Waals surface area (Å²) in [7, 11) is 0. The van der Waals surface area contributed by atoms with Gasteiger partial charge in [0.1, 0.15) is 12.1 Å². The monoisotopic (exact) mass is 419 g/mol. The van der Waals surface area contributed by atoms with Crippen LogP contribution in [0.1, 0.15) is 31.7 Å². The summed E-state index contributed by atoms with van der Waals surface area (Å²) in [5, 5.41) is 15.5. The van der Waals surface area contributed by atoms with E-state index < -0.39 is 0 Å². The maximum Gasteiger partial charge on any atom is 0.227 e. The molecule has 1 fully saturated rings. The Hall–Kier alpha value is -3.49. The third-order valence-corrected chi connectivity index (χ3v) is 6.18. The van der Waals surface area contributed by atoms with E-state index >= 15 is 0 Å². The summed E-state index contributed by atoms with van der Waals surface area (Å²) in [6, 6.07) is 9.70. The van der Waals surface area contributed by atoms with Crippen LogP contribution >= 0.6 is 0 Å². The number of aryl methyl sites for hydroxylation is 1. The minimum Gasteiger partial charge on any atom is -0.355 e. The molecular weight excluding hydrogens is 394 g/mol. The van der Waals surface area contributed by atoms with Gasteiger partial charge < -0.3 is 15.1 Å². The molecule has 9 heteroatoms. The first kappa shape index (κ1) is 19.5. The van der Waals surface area contributed by atoms with Crippen LogP contribution in [0.3, 0.4) is 0 Å². The Balaban J connectivity index is 1.21. The molecule has 9 nitrogen and oxygen atoms in total.